The molecule has 1 atom stereocenters. The van der Waals surface area contributed by atoms with E-state index in [0.29, 0.717) is 18.5 Å². The van der Waals surface area contributed by atoms with E-state index in [2.05, 4.69) is 11.4 Å². The molecule has 0 saturated carbocycles. The summed E-state index contributed by atoms with van der Waals surface area (Å²) in [5.74, 6) is -0.148. The van der Waals surface area contributed by atoms with Crippen molar-refractivity contribution in [1.82, 2.24) is 10.2 Å². The van der Waals surface area contributed by atoms with Crippen LogP contribution in [-0.4, -0.2) is 28.9 Å². The Morgan fingerprint density at radius 2 is 1.91 bits per heavy atom. The van der Waals surface area contributed by atoms with Gasteiger partial charge in [0.05, 0.1) is 11.6 Å². The second-order valence-electron chi connectivity index (χ2n) is 5.72. The Balaban J connectivity index is 2.92. The number of hydrogen-bond acceptors (Lipinski definition) is 3. The topological polar surface area (TPSA) is 99.2 Å². The fourth-order valence-electron chi connectivity index (χ4n) is 2.31. The molecule has 0 unspecified atom stereocenters. The van der Waals surface area contributed by atoms with Gasteiger partial charge in [-0.15, -0.1) is 0 Å². The molecule has 3 amide bonds. The van der Waals surface area contributed by atoms with Crippen LogP contribution in [-0.2, 0) is 11.3 Å². The SMILES string of the molecule is CCC[C@@H](NC(N)=O)C(=O)N(Cc1ccc(C#N)cc1)C(C)C. The summed E-state index contributed by atoms with van der Waals surface area (Å²) in [5.41, 5.74) is 6.68. The molecule has 0 heterocycles. The number of urea groups is 1. The number of primary amides is 1. The maximum atomic E-state index is 12.7. The van der Waals surface area contributed by atoms with Crippen LogP contribution in [0.2, 0.25) is 0 Å². The first kappa shape index (κ1) is 18.5. The van der Waals surface area contributed by atoms with Crippen LogP contribution in [0, 0.1) is 11.3 Å². The average molecular weight is 316 g/mol. The van der Waals surface area contributed by atoms with Crippen LogP contribution in [0.1, 0.15) is 44.7 Å². The number of hydrogen-bond donors (Lipinski definition) is 2. The van der Waals surface area contributed by atoms with Crippen LogP contribution in [0.15, 0.2) is 24.3 Å². The van der Waals surface area contributed by atoms with Gasteiger partial charge in [-0.1, -0.05) is 25.5 Å². The monoisotopic (exact) mass is 316 g/mol. The Kier molecular flexibility index (Phi) is 7.07. The van der Waals surface area contributed by atoms with E-state index in [9.17, 15) is 9.59 Å². The number of rotatable bonds is 7. The van der Waals surface area contributed by atoms with Crippen molar-refractivity contribution in [3.8, 4) is 6.07 Å². The summed E-state index contributed by atoms with van der Waals surface area (Å²) >= 11 is 0. The van der Waals surface area contributed by atoms with Crippen LogP contribution in [0.3, 0.4) is 0 Å². The number of carbonyl (C=O) groups excluding carboxylic acids is 2. The van der Waals surface area contributed by atoms with Crippen LogP contribution < -0.4 is 11.1 Å². The van der Waals surface area contributed by atoms with Crippen molar-refractivity contribution < 1.29 is 9.59 Å². The van der Waals surface area contributed by atoms with E-state index in [4.69, 9.17) is 11.0 Å². The zero-order valence-electron chi connectivity index (χ0n) is 13.9. The van der Waals surface area contributed by atoms with Crippen LogP contribution in [0.25, 0.3) is 0 Å². The first-order valence-corrected chi connectivity index (χ1v) is 7.74. The molecule has 1 rings (SSSR count). The van der Waals surface area contributed by atoms with Gasteiger partial charge in [0.2, 0.25) is 5.91 Å². The normalized spacial score (nSPS) is 11.6. The molecule has 1 aromatic rings. The van der Waals surface area contributed by atoms with E-state index in [1.807, 2.05) is 32.9 Å². The largest absolute Gasteiger partial charge is 0.352 e. The van der Waals surface area contributed by atoms with Gasteiger partial charge in [-0.3, -0.25) is 4.79 Å². The molecule has 0 spiro atoms. The van der Waals surface area contributed by atoms with Crippen LogP contribution >= 0.6 is 0 Å². The number of carbonyl (C=O) groups is 2. The molecule has 124 valence electrons. The highest BCUT2D eigenvalue weighted by atomic mass is 16.2. The molecule has 1 aromatic carbocycles. The molecule has 0 bridgehead atoms. The molecule has 23 heavy (non-hydrogen) atoms. The fourth-order valence-corrected chi connectivity index (χ4v) is 2.31. The minimum absolute atomic E-state index is 0.0211. The third kappa shape index (κ3) is 5.62. The van der Waals surface area contributed by atoms with Crippen LogP contribution in [0.4, 0.5) is 4.79 Å². The van der Waals surface area contributed by atoms with Gasteiger partial charge in [-0.05, 0) is 38.0 Å². The maximum Gasteiger partial charge on any atom is 0.312 e. The highest BCUT2D eigenvalue weighted by molar-refractivity contribution is 5.86. The molecule has 3 N–H and O–H groups in total. The van der Waals surface area contributed by atoms with Gasteiger partial charge in [0.15, 0.2) is 0 Å². The zero-order valence-corrected chi connectivity index (χ0v) is 13.9. The Labute approximate surface area is 137 Å². The van der Waals surface area contributed by atoms with E-state index in [1.54, 1.807) is 17.0 Å². The van der Waals surface area contributed by atoms with E-state index >= 15 is 0 Å². The summed E-state index contributed by atoms with van der Waals surface area (Å²) in [6, 6.07) is 7.85. The molecule has 0 aliphatic rings. The molecule has 0 radical (unpaired) electrons. The predicted octanol–water partition coefficient (Wildman–Crippen LogP) is 2.13. The molecular weight excluding hydrogens is 292 g/mol. The van der Waals surface area contributed by atoms with Gasteiger partial charge in [-0.25, -0.2) is 4.79 Å². The van der Waals surface area contributed by atoms with E-state index in [-0.39, 0.29) is 11.9 Å². The van der Waals surface area contributed by atoms with Crippen molar-refractivity contribution in [1.29, 1.82) is 5.26 Å². The van der Waals surface area contributed by atoms with Gasteiger partial charge in [0.1, 0.15) is 6.04 Å². The van der Waals surface area contributed by atoms with Gasteiger partial charge >= 0.3 is 6.03 Å². The number of nitrogens with one attached hydrogen (secondary N) is 1. The molecule has 0 aromatic heterocycles. The van der Waals surface area contributed by atoms with E-state index < -0.39 is 12.1 Å². The van der Waals surface area contributed by atoms with Gasteiger partial charge in [0, 0.05) is 12.6 Å². The minimum Gasteiger partial charge on any atom is -0.352 e. The van der Waals surface area contributed by atoms with Crippen LogP contribution in [0.5, 0.6) is 0 Å². The van der Waals surface area contributed by atoms with Gasteiger partial charge < -0.3 is 16.0 Å². The Bertz CT molecular complexity index is 575. The molecule has 0 fully saturated rings. The fraction of sp³-hybridized carbons (Fsp3) is 0.471. The third-order valence-corrected chi connectivity index (χ3v) is 3.53. The summed E-state index contributed by atoms with van der Waals surface area (Å²) in [7, 11) is 0. The summed E-state index contributed by atoms with van der Waals surface area (Å²) in [6.07, 6.45) is 1.30. The van der Waals surface area contributed by atoms with Crippen molar-refractivity contribution in [2.45, 2.75) is 52.2 Å². The van der Waals surface area contributed by atoms with Crippen molar-refractivity contribution in [2.75, 3.05) is 0 Å². The number of amides is 3. The standard InChI is InChI=1S/C17H24N4O2/c1-4-5-15(20-17(19)23)16(22)21(12(2)3)11-14-8-6-13(10-18)7-9-14/h6-9,12,15H,4-5,11H2,1-3H3,(H3,19,20,23)/t15-/m1/s1. The lowest BCUT2D eigenvalue weighted by molar-refractivity contribution is -0.135. The Hall–Kier alpha value is -2.55. The smallest absolute Gasteiger partial charge is 0.312 e. The van der Waals surface area contributed by atoms with E-state index in [0.717, 1.165) is 12.0 Å². The zero-order chi connectivity index (χ0) is 17.4. The molecular formula is C17H24N4O2. The summed E-state index contributed by atoms with van der Waals surface area (Å²) in [5, 5.41) is 11.4. The molecule has 6 nitrogen and oxygen atoms in total. The van der Waals surface area contributed by atoms with Crippen molar-refractivity contribution >= 4 is 11.9 Å². The lowest BCUT2D eigenvalue weighted by Gasteiger charge is -2.31. The molecule has 0 aliphatic heterocycles. The quantitative estimate of drug-likeness (QED) is 0.806. The minimum atomic E-state index is -0.695. The highest BCUT2D eigenvalue weighted by Crippen LogP contribution is 2.13. The molecule has 6 heteroatoms. The Morgan fingerprint density at radius 1 is 1.30 bits per heavy atom. The summed E-state index contributed by atoms with van der Waals surface area (Å²) in [6.45, 7) is 6.22. The predicted molar refractivity (Wildman–Crippen MR) is 88.3 cm³/mol. The maximum absolute atomic E-state index is 12.7. The lowest BCUT2D eigenvalue weighted by atomic mass is 10.1. The van der Waals surface area contributed by atoms with Crippen molar-refractivity contribution in [3.05, 3.63) is 35.4 Å². The number of nitrogens with two attached hydrogens (primary N) is 1. The van der Waals surface area contributed by atoms with Gasteiger partial charge in [-0.2, -0.15) is 5.26 Å². The third-order valence-electron chi connectivity index (χ3n) is 3.53. The second-order valence-corrected chi connectivity index (χ2v) is 5.72. The molecule has 0 aliphatic carbocycles. The highest BCUT2D eigenvalue weighted by Gasteiger charge is 2.26. The summed E-state index contributed by atoms with van der Waals surface area (Å²) in [4.78, 5) is 25.6. The number of nitriles is 1. The first-order chi connectivity index (χ1) is 10.9. The number of benzene rings is 1. The average Bonchev–Trinajstić information content (AvgIpc) is 2.51. The first-order valence-electron chi connectivity index (χ1n) is 7.74. The lowest BCUT2D eigenvalue weighted by Crippen LogP contribution is -2.51. The number of nitrogens with zero attached hydrogens (tertiary/aromatic N) is 2. The summed E-state index contributed by atoms with van der Waals surface area (Å²) < 4.78 is 0. The van der Waals surface area contributed by atoms with Gasteiger partial charge in [0.25, 0.3) is 0 Å². The van der Waals surface area contributed by atoms with Crippen molar-refractivity contribution in [3.63, 3.8) is 0 Å². The Morgan fingerprint density at radius 3 is 2.35 bits per heavy atom. The van der Waals surface area contributed by atoms with Crippen molar-refractivity contribution in [2.24, 2.45) is 5.73 Å². The second kappa shape index (κ2) is 8.79. The van der Waals surface area contributed by atoms with E-state index in [1.165, 1.54) is 0 Å². The molecule has 0 saturated heterocycles.